The Balaban J connectivity index is 1.64. The van der Waals surface area contributed by atoms with Crippen LogP contribution in [0.2, 0.25) is 0 Å². The molecule has 0 aromatic carbocycles. The SMILES string of the molecule is CC(C)(OC(=O)CC(C(=O)OC(C)(C)C1CCNCC1)C(CC(=O)OC(C)(C)C1CCNCC1)C(=O)OC(C)(C)C1CCNCC1)C1CCCCC1. The van der Waals surface area contributed by atoms with E-state index in [1.165, 1.54) is 6.42 Å². The highest BCUT2D eigenvalue weighted by Gasteiger charge is 2.47. The van der Waals surface area contributed by atoms with Gasteiger partial charge in [0.25, 0.3) is 0 Å². The highest BCUT2D eigenvalue weighted by atomic mass is 16.6. The Morgan fingerprint density at radius 3 is 1.02 bits per heavy atom. The molecule has 11 heteroatoms. The van der Waals surface area contributed by atoms with Crippen LogP contribution in [0.25, 0.3) is 0 Å². The fourth-order valence-electron chi connectivity index (χ4n) is 9.16. The molecule has 0 aromatic rings. The van der Waals surface area contributed by atoms with Gasteiger partial charge in [-0.1, -0.05) is 19.3 Å². The molecule has 4 fully saturated rings. The zero-order valence-electron chi connectivity index (χ0n) is 33.7. The molecule has 2 atom stereocenters. The lowest BCUT2D eigenvalue weighted by Gasteiger charge is -2.40. The number of rotatable bonds is 15. The summed E-state index contributed by atoms with van der Waals surface area (Å²) in [7, 11) is 0. The average Bonchev–Trinajstić information content (AvgIpc) is 3.10. The quantitative estimate of drug-likeness (QED) is 0.138. The minimum atomic E-state index is -1.31. The van der Waals surface area contributed by atoms with Crippen LogP contribution in [0.15, 0.2) is 0 Å². The standard InChI is InChI=1S/C41H71N3O8/c1-38(2,28-12-10-9-11-13-28)49-34(45)26-32(36(47)51-40(5,6)30-16-22-43-23-17-30)33(37(48)52-41(7,8)31-18-24-44-25-19-31)27-35(46)50-39(3,4)29-14-20-42-21-15-29/h28-33,42-44H,9-27H2,1-8H3. The van der Waals surface area contributed by atoms with Gasteiger partial charge in [0.2, 0.25) is 0 Å². The van der Waals surface area contributed by atoms with E-state index in [9.17, 15) is 19.2 Å². The van der Waals surface area contributed by atoms with Crippen molar-refractivity contribution in [1.82, 2.24) is 16.0 Å². The lowest BCUT2D eigenvalue weighted by Crippen LogP contribution is -2.48. The van der Waals surface area contributed by atoms with Crippen LogP contribution in [0, 0.1) is 35.5 Å². The van der Waals surface area contributed by atoms with Crippen molar-refractivity contribution in [2.75, 3.05) is 39.3 Å². The van der Waals surface area contributed by atoms with E-state index < -0.39 is 71.0 Å². The molecule has 11 nitrogen and oxygen atoms in total. The topological polar surface area (TPSA) is 141 Å². The van der Waals surface area contributed by atoms with Gasteiger partial charge in [-0.25, -0.2) is 0 Å². The van der Waals surface area contributed by atoms with E-state index in [4.69, 9.17) is 18.9 Å². The predicted octanol–water partition coefficient (Wildman–Crippen LogP) is 5.87. The Hall–Kier alpha value is -2.24. The third-order valence-corrected chi connectivity index (χ3v) is 12.9. The number of carbonyl (C=O) groups is 4. The molecule has 1 saturated carbocycles. The Morgan fingerprint density at radius 1 is 0.442 bits per heavy atom. The molecule has 4 aliphatic rings. The first-order valence-corrected chi connectivity index (χ1v) is 20.4. The summed E-state index contributed by atoms with van der Waals surface area (Å²) in [5, 5.41) is 10.1. The summed E-state index contributed by atoms with van der Waals surface area (Å²) in [4.78, 5) is 56.9. The van der Waals surface area contributed by atoms with Gasteiger partial charge in [0.05, 0.1) is 24.7 Å². The Morgan fingerprint density at radius 2 is 0.712 bits per heavy atom. The van der Waals surface area contributed by atoms with Crippen LogP contribution in [0.5, 0.6) is 0 Å². The summed E-state index contributed by atoms with van der Waals surface area (Å²) in [6.45, 7) is 20.2. The molecule has 2 unspecified atom stereocenters. The molecule has 0 radical (unpaired) electrons. The van der Waals surface area contributed by atoms with Gasteiger partial charge < -0.3 is 34.9 Å². The van der Waals surface area contributed by atoms with E-state index in [2.05, 4.69) is 16.0 Å². The van der Waals surface area contributed by atoms with Gasteiger partial charge in [-0.15, -0.1) is 0 Å². The maximum absolute atomic E-state index is 14.5. The van der Waals surface area contributed by atoms with E-state index in [-0.39, 0.29) is 23.7 Å². The summed E-state index contributed by atoms with van der Waals surface area (Å²) in [5.41, 5.74) is -3.24. The van der Waals surface area contributed by atoms with Crippen molar-refractivity contribution in [3.63, 3.8) is 0 Å². The zero-order chi connectivity index (χ0) is 38.2. The first kappa shape index (κ1) is 42.5. The van der Waals surface area contributed by atoms with Crippen molar-refractivity contribution >= 4 is 23.9 Å². The number of carbonyl (C=O) groups excluding carboxylic acids is 4. The minimum Gasteiger partial charge on any atom is -0.459 e. The van der Waals surface area contributed by atoms with Crippen LogP contribution >= 0.6 is 0 Å². The third kappa shape index (κ3) is 11.9. The molecule has 4 rings (SSSR count). The second-order valence-corrected chi connectivity index (χ2v) is 18.2. The van der Waals surface area contributed by atoms with E-state index in [1.54, 1.807) is 0 Å². The fourth-order valence-corrected chi connectivity index (χ4v) is 9.16. The van der Waals surface area contributed by atoms with E-state index >= 15 is 0 Å². The maximum Gasteiger partial charge on any atom is 0.310 e. The van der Waals surface area contributed by atoms with Crippen LogP contribution in [0.4, 0.5) is 0 Å². The van der Waals surface area contributed by atoms with Gasteiger partial charge in [0.1, 0.15) is 22.4 Å². The molecular weight excluding hydrogens is 662 g/mol. The van der Waals surface area contributed by atoms with Crippen LogP contribution in [-0.4, -0.2) is 85.5 Å². The zero-order valence-corrected chi connectivity index (χ0v) is 33.7. The minimum absolute atomic E-state index is 0.0923. The number of hydrogen-bond donors (Lipinski definition) is 3. The Bertz CT molecular complexity index is 1100. The molecule has 1 aliphatic carbocycles. The largest absolute Gasteiger partial charge is 0.459 e. The number of ether oxygens (including phenoxy) is 4. The Kier molecular flexibility index (Phi) is 15.0. The normalized spacial score (nSPS) is 22.2. The average molecular weight is 734 g/mol. The van der Waals surface area contributed by atoms with Crippen molar-refractivity contribution in [1.29, 1.82) is 0 Å². The van der Waals surface area contributed by atoms with Crippen molar-refractivity contribution in [3.05, 3.63) is 0 Å². The molecule has 0 spiro atoms. The molecule has 3 N–H and O–H groups in total. The van der Waals surface area contributed by atoms with Crippen molar-refractivity contribution in [2.45, 2.75) is 161 Å². The molecule has 3 heterocycles. The second kappa shape index (κ2) is 18.4. The lowest BCUT2D eigenvalue weighted by molar-refractivity contribution is -0.188. The highest BCUT2D eigenvalue weighted by Crippen LogP contribution is 2.39. The van der Waals surface area contributed by atoms with Crippen LogP contribution in [0.3, 0.4) is 0 Å². The number of hydrogen-bond acceptors (Lipinski definition) is 11. The van der Waals surface area contributed by atoms with Crippen LogP contribution in [0.1, 0.15) is 139 Å². The predicted molar refractivity (Wildman–Crippen MR) is 200 cm³/mol. The van der Waals surface area contributed by atoms with Gasteiger partial charge in [-0.2, -0.15) is 0 Å². The van der Waals surface area contributed by atoms with Gasteiger partial charge in [-0.3, -0.25) is 19.2 Å². The third-order valence-electron chi connectivity index (χ3n) is 12.9. The first-order valence-electron chi connectivity index (χ1n) is 20.4. The summed E-state index contributed by atoms with van der Waals surface area (Å²) < 4.78 is 24.9. The number of piperidine rings is 3. The fraction of sp³-hybridized carbons (Fsp3) is 0.902. The maximum atomic E-state index is 14.5. The molecule has 0 amide bonds. The molecule has 3 aliphatic heterocycles. The summed E-state index contributed by atoms with van der Waals surface area (Å²) in [6, 6.07) is 0. The van der Waals surface area contributed by atoms with Gasteiger partial charge in [0, 0.05) is 17.8 Å². The number of esters is 4. The number of nitrogens with one attached hydrogen (secondary N) is 3. The molecular formula is C41H71N3O8. The molecule has 0 bridgehead atoms. The van der Waals surface area contributed by atoms with E-state index in [0.29, 0.717) is 0 Å². The van der Waals surface area contributed by atoms with E-state index in [1.807, 2.05) is 55.4 Å². The summed E-state index contributed by atoms with van der Waals surface area (Å²) in [6.07, 6.45) is 9.50. The summed E-state index contributed by atoms with van der Waals surface area (Å²) in [5.74, 6) is -4.65. The lowest BCUT2D eigenvalue weighted by atomic mass is 9.78. The van der Waals surface area contributed by atoms with Crippen molar-refractivity contribution in [3.8, 4) is 0 Å². The van der Waals surface area contributed by atoms with Crippen LogP contribution < -0.4 is 16.0 Å². The van der Waals surface area contributed by atoms with Gasteiger partial charge in [-0.05, 0) is 152 Å². The molecule has 52 heavy (non-hydrogen) atoms. The molecule has 3 saturated heterocycles. The Labute approximate surface area is 313 Å². The second-order valence-electron chi connectivity index (χ2n) is 18.2. The monoisotopic (exact) mass is 734 g/mol. The summed E-state index contributed by atoms with van der Waals surface area (Å²) >= 11 is 0. The van der Waals surface area contributed by atoms with E-state index in [0.717, 1.165) is 103 Å². The van der Waals surface area contributed by atoms with Crippen LogP contribution in [-0.2, 0) is 38.1 Å². The molecule has 298 valence electrons. The van der Waals surface area contributed by atoms with Crippen molar-refractivity contribution < 1.29 is 38.1 Å². The van der Waals surface area contributed by atoms with Crippen molar-refractivity contribution in [2.24, 2.45) is 35.5 Å². The van der Waals surface area contributed by atoms with Gasteiger partial charge >= 0.3 is 23.9 Å². The van der Waals surface area contributed by atoms with Gasteiger partial charge in [0.15, 0.2) is 0 Å². The highest BCUT2D eigenvalue weighted by molar-refractivity contribution is 5.89. The smallest absolute Gasteiger partial charge is 0.310 e. The molecule has 0 aromatic heterocycles. The first-order chi connectivity index (χ1) is 24.4.